The standard InChI is InChI=1S/C15H20Si/c1-12-13(9-10-16(2,3)4)11-14-7-5-6-8-15(12)14/h5-8,12-13H,11H2,1-4H3/t12-,13+/m0/s1. The van der Waals surface area contributed by atoms with Crippen molar-refractivity contribution in [2.45, 2.75) is 38.9 Å². The summed E-state index contributed by atoms with van der Waals surface area (Å²) in [4.78, 5) is 0. The predicted molar refractivity (Wildman–Crippen MR) is 73.2 cm³/mol. The highest BCUT2D eigenvalue weighted by Gasteiger charge is 2.27. The Morgan fingerprint density at radius 2 is 1.88 bits per heavy atom. The summed E-state index contributed by atoms with van der Waals surface area (Å²) in [6, 6.07) is 8.79. The molecule has 0 N–H and O–H groups in total. The molecule has 2 atom stereocenters. The Labute approximate surface area is 100 Å². The number of hydrogen-bond acceptors (Lipinski definition) is 0. The van der Waals surface area contributed by atoms with Gasteiger partial charge in [-0.3, -0.25) is 0 Å². The molecule has 0 radical (unpaired) electrons. The van der Waals surface area contributed by atoms with Gasteiger partial charge in [-0.25, -0.2) is 0 Å². The lowest BCUT2D eigenvalue weighted by atomic mass is 9.96. The first-order valence-electron chi connectivity index (χ1n) is 6.08. The molecule has 0 amide bonds. The van der Waals surface area contributed by atoms with E-state index in [2.05, 4.69) is 62.3 Å². The van der Waals surface area contributed by atoms with Crippen LogP contribution in [0.2, 0.25) is 19.6 Å². The fourth-order valence-electron chi connectivity index (χ4n) is 2.28. The van der Waals surface area contributed by atoms with Gasteiger partial charge in [0.05, 0.1) is 0 Å². The van der Waals surface area contributed by atoms with Crippen molar-refractivity contribution in [3.8, 4) is 11.5 Å². The fraction of sp³-hybridized carbons (Fsp3) is 0.467. The van der Waals surface area contributed by atoms with Crippen LogP contribution < -0.4 is 0 Å². The van der Waals surface area contributed by atoms with E-state index in [9.17, 15) is 0 Å². The highest BCUT2D eigenvalue weighted by atomic mass is 28.3. The van der Waals surface area contributed by atoms with Gasteiger partial charge in [-0.2, -0.15) is 0 Å². The molecule has 2 rings (SSSR count). The second-order valence-corrected chi connectivity index (χ2v) is 10.6. The van der Waals surface area contributed by atoms with E-state index in [4.69, 9.17) is 0 Å². The molecule has 0 aromatic heterocycles. The molecule has 0 aliphatic heterocycles. The Morgan fingerprint density at radius 1 is 1.19 bits per heavy atom. The van der Waals surface area contributed by atoms with Crippen LogP contribution in [0.1, 0.15) is 24.0 Å². The van der Waals surface area contributed by atoms with Gasteiger partial charge in [0.2, 0.25) is 0 Å². The van der Waals surface area contributed by atoms with Gasteiger partial charge in [0.25, 0.3) is 0 Å². The van der Waals surface area contributed by atoms with Crippen molar-refractivity contribution in [3.05, 3.63) is 35.4 Å². The molecule has 0 heterocycles. The summed E-state index contributed by atoms with van der Waals surface area (Å²) in [5, 5.41) is 0. The largest absolute Gasteiger partial charge is 0.132 e. The van der Waals surface area contributed by atoms with Crippen molar-refractivity contribution in [1.82, 2.24) is 0 Å². The molecule has 0 bridgehead atoms. The summed E-state index contributed by atoms with van der Waals surface area (Å²) in [6.07, 6.45) is 1.15. The number of rotatable bonds is 0. The molecule has 0 fully saturated rings. The molecule has 1 aromatic rings. The lowest BCUT2D eigenvalue weighted by Gasteiger charge is -2.10. The molecule has 0 saturated heterocycles. The van der Waals surface area contributed by atoms with Crippen LogP contribution in [0.5, 0.6) is 0 Å². The quantitative estimate of drug-likeness (QED) is 0.467. The molecule has 1 aromatic carbocycles. The lowest BCUT2D eigenvalue weighted by molar-refractivity contribution is 0.612. The van der Waals surface area contributed by atoms with Gasteiger partial charge in [0.15, 0.2) is 0 Å². The van der Waals surface area contributed by atoms with E-state index in [0.717, 1.165) is 6.42 Å². The van der Waals surface area contributed by atoms with E-state index in [-0.39, 0.29) is 0 Å². The van der Waals surface area contributed by atoms with Crippen molar-refractivity contribution in [3.63, 3.8) is 0 Å². The van der Waals surface area contributed by atoms with Crippen LogP contribution >= 0.6 is 0 Å². The monoisotopic (exact) mass is 228 g/mol. The van der Waals surface area contributed by atoms with Gasteiger partial charge in [0.1, 0.15) is 8.07 Å². The first-order valence-corrected chi connectivity index (χ1v) is 9.58. The maximum absolute atomic E-state index is 3.53. The normalized spacial score (nSPS) is 23.5. The van der Waals surface area contributed by atoms with Crippen LogP contribution in [0.25, 0.3) is 0 Å². The summed E-state index contributed by atoms with van der Waals surface area (Å²) in [6.45, 7) is 9.25. The van der Waals surface area contributed by atoms with Gasteiger partial charge in [-0.05, 0) is 23.5 Å². The highest BCUT2D eigenvalue weighted by molar-refractivity contribution is 6.83. The Hall–Kier alpha value is -1.00. The highest BCUT2D eigenvalue weighted by Crippen LogP contribution is 2.36. The zero-order valence-electron chi connectivity index (χ0n) is 10.7. The van der Waals surface area contributed by atoms with Gasteiger partial charge >= 0.3 is 0 Å². The molecule has 84 valence electrons. The molecule has 1 heteroatoms. The Bertz CT molecular complexity index is 442. The van der Waals surface area contributed by atoms with E-state index in [1.54, 1.807) is 0 Å². The van der Waals surface area contributed by atoms with Crippen LogP contribution in [-0.2, 0) is 6.42 Å². The zero-order chi connectivity index (χ0) is 11.8. The SMILES string of the molecule is C[C@@H]1c2ccccc2C[C@H]1C#C[Si](C)(C)C. The number of fused-ring (bicyclic) bond motifs is 1. The predicted octanol–water partition coefficient (Wildman–Crippen LogP) is 3.84. The average molecular weight is 228 g/mol. The molecule has 0 saturated carbocycles. The van der Waals surface area contributed by atoms with Crippen LogP contribution in [0.15, 0.2) is 24.3 Å². The van der Waals surface area contributed by atoms with Crippen LogP contribution in [-0.4, -0.2) is 8.07 Å². The third-order valence-corrected chi connectivity index (χ3v) is 4.12. The minimum absolute atomic E-state index is 0.545. The van der Waals surface area contributed by atoms with Gasteiger partial charge in [-0.1, -0.05) is 50.8 Å². The van der Waals surface area contributed by atoms with E-state index in [1.807, 2.05) is 0 Å². The first kappa shape index (κ1) is 11.5. The minimum Gasteiger partial charge on any atom is -0.132 e. The van der Waals surface area contributed by atoms with Gasteiger partial charge < -0.3 is 0 Å². The zero-order valence-corrected chi connectivity index (χ0v) is 11.7. The molecule has 1 aliphatic carbocycles. The second kappa shape index (κ2) is 4.11. The third kappa shape index (κ3) is 2.39. The summed E-state index contributed by atoms with van der Waals surface area (Å²) in [7, 11) is -1.22. The smallest absolute Gasteiger partial charge is 0.129 e. The lowest BCUT2D eigenvalue weighted by Crippen LogP contribution is -2.17. The van der Waals surface area contributed by atoms with E-state index in [1.165, 1.54) is 11.1 Å². The molecule has 0 nitrogen and oxygen atoms in total. The maximum Gasteiger partial charge on any atom is 0.129 e. The first-order chi connectivity index (χ1) is 7.47. The fourth-order valence-corrected chi connectivity index (χ4v) is 2.90. The van der Waals surface area contributed by atoms with Crippen molar-refractivity contribution in [1.29, 1.82) is 0 Å². The average Bonchev–Trinajstić information content (AvgIpc) is 2.53. The van der Waals surface area contributed by atoms with Gasteiger partial charge in [0, 0.05) is 5.92 Å². The molecule has 1 aliphatic rings. The molecule has 0 unspecified atom stereocenters. The van der Waals surface area contributed by atoms with Crippen LogP contribution in [0, 0.1) is 17.4 Å². The molecular weight excluding hydrogens is 208 g/mol. The Kier molecular flexibility index (Phi) is 2.95. The summed E-state index contributed by atoms with van der Waals surface area (Å²) < 4.78 is 0. The van der Waals surface area contributed by atoms with Crippen molar-refractivity contribution in [2.24, 2.45) is 5.92 Å². The summed E-state index contributed by atoms with van der Waals surface area (Å²) >= 11 is 0. The molecule has 0 spiro atoms. The van der Waals surface area contributed by atoms with Crippen molar-refractivity contribution >= 4 is 8.07 Å². The van der Waals surface area contributed by atoms with E-state index >= 15 is 0 Å². The van der Waals surface area contributed by atoms with Gasteiger partial charge in [-0.15, -0.1) is 11.5 Å². The summed E-state index contributed by atoms with van der Waals surface area (Å²) in [5.74, 6) is 4.69. The summed E-state index contributed by atoms with van der Waals surface area (Å²) in [5.41, 5.74) is 6.53. The van der Waals surface area contributed by atoms with Crippen LogP contribution in [0.4, 0.5) is 0 Å². The molecule has 16 heavy (non-hydrogen) atoms. The van der Waals surface area contributed by atoms with E-state index < -0.39 is 8.07 Å². The van der Waals surface area contributed by atoms with Crippen molar-refractivity contribution < 1.29 is 0 Å². The third-order valence-electron chi connectivity index (χ3n) is 3.22. The number of hydrogen-bond donors (Lipinski definition) is 0. The second-order valence-electron chi connectivity index (χ2n) is 5.82. The molecular formula is C15H20Si. The Balaban J connectivity index is 2.21. The Morgan fingerprint density at radius 3 is 2.50 bits per heavy atom. The maximum atomic E-state index is 3.53. The van der Waals surface area contributed by atoms with Crippen LogP contribution in [0.3, 0.4) is 0 Å². The van der Waals surface area contributed by atoms with Crippen molar-refractivity contribution in [2.75, 3.05) is 0 Å². The minimum atomic E-state index is -1.22. The van der Waals surface area contributed by atoms with E-state index in [0.29, 0.717) is 11.8 Å². The topological polar surface area (TPSA) is 0 Å². The number of benzene rings is 1.